The number of hydrogen-bond acceptors (Lipinski definition) is 2. The fourth-order valence-corrected chi connectivity index (χ4v) is 1.63. The molecule has 0 fully saturated rings. The van der Waals surface area contributed by atoms with Crippen molar-refractivity contribution in [3.63, 3.8) is 0 Å². The summed E-state index contributed by atoms with van der Waals surface area (Å²) < 4.78 is 12.8. The molecule has 0 saturated carbocycles. The molecule has 0 aliphatic heterocycles. The molecule has 2 aromatic rings. The van der Waals surface area contributed by atoms with Crippen molar-refractivity contribution in [1.82, 2.24) is 4.98 Å². The summed E-state index contributed by atoms with van der Waals surface area (Å²) in [5.74, 6) is -0.364. The first-order valence-corrected chi connectivity index (χ1v) is 4.71. The zero-order valence-corrected chi connectivity index (χ0v) is 8.50. The van der Waals surface area contributed by atoms with Gasteiger partial charge in [-0.3, -0.25) is 4.98 Å². The van der Waals surface area contributed by atoms with E-state index < -0.39 is 0 Å². The lowest BCUT2D eigenvalue weighted by atomic mass is 10.1. The van der Waals surface area contributed by atoms with Gasteiger partial charge in [0.05, 0.1) is 16.9 Å². The molecule has 76 valence electrons. The van der Waals surface area contributed by atoms with E-state index >= 15 is 0 Å². The number of halogens is 2. The summed E-state index contributed by atoms with van der Waals surface area (Å²) >= 11 is 5.92. The van der Waals surface area contributed by atoms with E-state index in [2.05, 4.69) is 4.98 Å². The van der Waals surface area contributed by atoms with Crippen LogP contribution in [0.25, 0.3) is 11.1 Å². The molecule has 0 saturated heterocycles. The third-order valence-corrected chi connectivity index (χ3v) is 2.39. The van der Waals surface area contributed by atoms with Crippen molar-refractivity contribution < 1.29 is 4.39 Å². The molecule has 1 aromatic carbocycles. The highest BCUT2D eigenvalue weighted by Gasteiger charge is 2.07. The molecule has 0 aliphatic carbocycles. The molecule has 0 unspecified atom stereocenters. The molecule has 2 nitrogen and oxygen atoms in total. The van der Waals surface area contributed by atoms with Gasteiger partial charge in [-0.2, -0.15) is 0 Å². The van der Waals surface area contributed by atoms with Crippen LogP contribution in [0.1, 0.15) is 0 Å². The molecule has 2 rings (SSSR count). The monoisotopic (exact) mass is 222 g/mol. The van der Waals surface area contributed by atoms with Gasteiger partial charge in [0, 0.05) is 17.3 Å². The number of nitrogens with zero attached hydrogens (tertiary/aromatic N) is 1. The summed E-state index contributed by atoms with van der Waals surface area (Å²) in [6.07, 6.45) is 3.15. The van der Waals surface area contributed by atoms with Crippen molar-refractivity contribution in [1.29, 1.82) is 0 Å². The van der Waals surface area contributed by atoms with Crippen LogP contribution in [0.4, 0.5) is 10.1 Å². The summed E-state index contributed by atoms with van der Waals surface area (Å²) in [5.41, 5.74) is 7.73. The van der Waals surface area contributed by atoms with Crippen molar-refractivity contribution in [2.75, 3.05) is 5.73 Å². The Morgan fingerprint density at radius 1 is 1.20 bits per heavy atom. The van der Waals surface area contributed by atoms with Crippen molar-refractivity contribution >= 4 is 17.3 Å². The largest absolute Gasteiger partial charge is 0.397 e. The number of nitrogens with two attached hydrogens (primary N) is 1. The molecule has 1 heterocycles. The maximum atomic E-state index is 12.8. The first kappa shape index (κ1) is 9.93. The molecule has 15 heavy (non-hydrogen) atoms. The maximum absolute atomic E-state index is 12.8. The Morgan fingerprint density at radius 2 is 2.00 bits per heavy atom. The van der Waals surface area contributed by atoms with Crippen LogP contribution in [0.3, 0.4) is 0 Å². The smallest absolute Gasteiger partial charge is 0.124 e. The fourth-order valence-electron chi connectivity index (χ4n) is 1.36. The van der Waals surface area contributed by atoms with Gasteiger partial charge in [0.25, 0.3) is 0 Å². The Balaban J connectivity index is 2.60. The Kier molecular flexibility index (Phi) is 2.56. The molecule has 2 N–H and O–H groups in total. The Hall–Kier alpha value is -1.61. The normalized spacial score (nSPS) is 10.3. The van der Waals surface area contributed by atoms with E-state index in [1.807, 2.05) is 0 Å². The molecule has 0 radical (unpaired) electrons. The second-order valence-electron chi connectivity index (χ2n) is 3.09. The van der Waals surface area contributed by atoms with E-state index in [0.29, 0.717) is 16.3 Å². The Labute approximate surface area is 91.5 Å². The molecule has 0 amide bonds. The van der Waals surface area contributed by atoms with Crippen LogP contribution in [0.5, 0.6) is 0 Å². The molecule has 1 aromatic heterocycles. The maximum Gasteiger partial charge on any atom is 0.124 e. The quantitative estimate of drug-likeness (QED) is 0.805. The van der Waals surface area contributed by atoms with Crippen LogP contribution in [0.2, 0.25) is 5.02 Å². The second-order valence-corrected chi connectivity index (χ2v) is 3.49. The van der Waals surface area contributed by atoms with Crippen molar-refractivity contribution in [2.24, 2.45) is 0 Å². The minimum atomic E-state index is -0.364. The second kappa shape index (κ2) is 3.87. The van der Waals surface area contributed by atoms with Gasteiger partial charge >= 0.3 is 0 Å². The minimum Gasteiger partial charge on any atom is -0.397 e. The molecular formula is C11H8ClFN2. The van der Waals surface area contributed by atoms with E-state index in [1.165, 1.54) is 18.3 Å². The van der Waals surface area contributed by atoms with E-state index in [0.717, 1.165) is 5.56 Å². The number of pyridine rings is 1. The summed E-state index contributed by atoms with van der Waals surface area (Å²) in [6.45, 7) is 0. The standard InChI is InChI=1S/C11H8ClFN2/c12-10-5-7(13)1-2-8(10)9-3-4-15-6-11(9)14/h1-6H,14H2. The lowest BCUT2D eigenvalue weighted by molar-refractivity contribution is 0.628. The number of benzene rings is 1. The van der Waals surface area contributed by atoms with Crippen LogP contribution in [-0.2, 0) is 0 Å². The van der Waals surface area contributed by atoms with Gasteiger partial charge in [0.15, 0.2) is 0 Å². The number of rotatable bonds is 1. The van der Waals surface area contributed by atoms with Crippen molar-refractivity contribution in [3.05, 3.63) is 47.5 Å². The molecule has 0 spiro atoms. The first-order valence-electron chi connectivity index (χ1n) is 4.33. The van der Waals surface area contributed by atoms with Crippen LogP contribution in [0.15, 0.2) is 36.7 Å². The number of nitrogen functional groups attached to an aromatic ring is 1. The predicted octanol–water partition coefficient (Wildman–Crippen LogP) is 3.12. The minimum absolute atomic E-state index is 0.341. The van der Waals surface area contributed by atoms with Crippen LogP contribution in [0, 0.1) is 5.82 Å². The number of aromatic nitrogens is 1. The Bertz CT molecular complexity index is 500. The van der Waals surface area contributed by atoms with E-state index in [4.69, 9.17) is 17.3 Å². The number of anilines is 1. The highest BCUT2D eigenvalue weighted by Crippen LogP contribution is 2.31. The van der Waals surface area contributed by atoms with Gasteiger partial charge in [-0.25, -0.2) is 4.39 Å². The number of hydrogen-bond donors (Lipinski definition) is 1. The van der Waals surface area contributed by atoms with Crippen molar-refractivity contribution in [2.45, 2.75) is 0 Å². The zero-order valence-electron chi connectivity index (χ0n) is 7.74. The zero-order chi connectivity index (χ0) is 10.8. The van der Waals surface area contributed by atoms with Crippen LogP contribution in [-0.4, -0.2) is 4.98 Å². The van der Waals surface area contributed by atoms with Gasteiger partial charge in [0.2, 0.25) is 0 Å². The van der Waals surface area contributed by atoms with E-state index in [1.54, 1.807) is 18.3 Å². The van der Waals surface area contributed by atoms with Crippen molar-refractivity contribution in [3.8, 4) is 11.1 Å². The molecule has 4 heteroatoms. The van der Waals surface area contributed by atoms with Gasteiger partial charge < -0.3 is 5.73 Å². The average molecular weight is 223 g/mol. The predicted molar refractivity (Wildman–Crippen MR) is 59.1 cm³/mol. The lowest BCUT2D eigenvalue weighted by Crippen LogP contribution is -1.91. The van der Waals surface area contributed by atoms with Crippen LogP contribution >= 0.6 is 11.6 Å². The molecular weight excluding hydrogens is 215 g/mol. The fraction of sp³-hybridized carbons (Fsp3) is 0. The highest BCUT2D eigenvalue weighted by atomic mass is 35.5. The Morgan fingerprint density at radius 3 is 2.67 bits per heavy atom. The first-order chi connectivity index (χ1) is 7.18. The van der Waals surface area contributed by atoms with Gasteiger partial charge in [0.1, 0.15) is 5.82 Å². The topological polar surface area (TPSA) is 38.9 Å². The summed E-state index contributed by atoms with van der Waals surface area (Å²) in [6, 6.07) is 5.95. The van der Waals surface area contributed by atoms with E-state index in [-0.39, 0.29) is 5.82 Å². The molecule has 0 bridgehead atoms. The third kappa shape index (κ3) is 1.92. The summed E-state index contributed by atoms with van der Waals surface area (Å²) in [5, 5.41) is 0.341. The summed E-state index contributed by atoms with van der Waals surface area (Å²) in [7, 11) is 0. The van der Waals surface area contributed by atoms with Crippen LogP contribution < -0.4 is 5.73 Å². The summed E-state index contributed by atoms with van der Waals surface area (Å²) in [4.78, 5) is 3.88. The van der Waals surface area contributed by atoms with Gasteiger partial charge in [-0.1, -0.05) is 11.6 Å². The van der Waals surface area contributed by atoms with Gasteiger partial charge in [-0.05, 0) is 24.3 Å². The third-order valence-electron chi connectivity index (χ3n) is 2.07. The molecule has 0 aliphatic rings. The van der Waals surface area contributed by atoms with E-state index in [9.17, 15) is 4.39 Å². The lowest BCUT2D eigenvalue weighted by Gasteiger charge is -2.06. The average Bonchev–Trinajstić information content (AvgIpc) is 2.20. The highest BCUT2D eigenvalue weighted by molar-refractivity contribution is 6.33. The SMILES string of the molecule is Nc1cnccc1-c1ccc(F)cc1Cl. The van der Waals surface area contributed by atoms with Gasteiger partial charge in [-0.15, -0.1) is 0 Å². The molecule has 0 atom stereocenters.